The Hall–Kier alpha value is -4.30. The second-order valence-corrected chi connectivity index (χ2v) is 9.92. The van der Waals surface area contributed by atoms with Crippen LogP contribution >= 0.6 is 11.6 Å². The number of pyridine rings is 1. The minimum Gasteiger partial charge on any atom is -0.618 e. The van der Waals surface area contributed by atoms with Crippen molar-refractivity contribution in [3.05, 3.63) is 83.2 Å². The molecule has 11 nitrogen and oxygen atoms in total. The second-order valence-electron chi connectivity index (χ2n) is 9.51. The number of halogens is 4. The first-order chi connectivity index (χ1) is 19.1. The summed E-state index contributed by atoms with van der Waals surface area (Å²) in [6.45, 7) is 0.858. The van der Waals surface area contributed by atoms with Crippen molar-refractivity contribution in [2.45, 2.75) is 38.5 Å². The third kappa shape index (κ3) is 5.14. The van der Waals surface area contributed by atoms with Crippen LogP contribution in [0.3, 0.4) is 0 Å². The quantitative estimate of drug-likeness (QED) is 0.187. The van der Waals surface area contributed by atoms with Gasteiger partial charge in [0.15, 0.2) is 12.0 Å². The highest BCUT2D eigenvalue weighted by molar-refractivity contribution is 6.31. The monoisotopic (exact) mass is 573 g/mol. The number of tetrazole rings is 1. The summed E-state index contributed by atoms with van der Waals surface area (Å²) in [6.07, 6.45) is 7.07. The molecular weight excluding hydrogens is 551 g/mol. The molecule has 0 bridgehead atoms. The number of ether oxygens (including phenoxy) is 1. The zero-order valence-electron chi connectivity index (χ0n) is 21.5. The average molecular weight is 574 g/mol. The number of hydrogen-bond donors (Lipinski definition) is 0. The second kappa shape index (κ2) is 10.7. The number of alkyl halides is 2. The minimum atomic E-state index is -2.84. The lowest BCUT2D eigenvalue weighted by Crippen LogP contribution is -2.38. The van der Waals surface area contributed by atoms with Gasteiger partial charge in [-0.15, -0.1) is 5.10 Å². The van der Waals surface area contributed by atoms with Gasteiger partial charge >= 0.3 is 6.55 Å². The lowest BCUT2D eigenvalue weighted by Gasteiger charge is -2.28. The summed E-state index contributed by atoms with van der Waals surface area (Å²) in [6, 6.07) is 6.81. The Morgan fingerprint density at radius 1 is 1.12 bits per heavy atom. The molecule has 1 atom stereocenters. The molecular formula is C25H23ClF3N9O2. The van der Waals surface area contributed by atoms with E-state index in [2.05, 4.69) is 25.7 Å². The molecule has 1 unspecified atom stereocenters. The number of nitrogens with zero attached hydrogens (tertiary/aromatic N) is 9. The molecule has 40 heavy (non-hydrogen) atoms. The van der Waals surface area contributed by atoms with Crippen LogP contribution in [-0.2, 0) is 4.74 Å². The van der Waals surface area contributed by atoms with E-state index in [4.69, 9.17) is 16.3 Å². The summed E-state index contributed by atoms with van der Waals surface area (Å²) < 4.78 is 51.7. The molecule has 4 heterocycles. The molecule has 5 rings (SSSR count). The molecule has 0 aliphatic carbocycles. The Morgan fingerprint density at radius 3 is 2.60 bits per heavy atom. The van der Waals surface area contributed by atoms with Gasteiger partial charge in [0.2, 0.25) is 5.69 Å². The van der Waals surface area contributed by atoms with Crippen LogP contribution in [0.15, 0.2) is 61.4 Å². The molecule has 0 spiro atoms. The fourth-order valence-corrected chi connectivity index (χ4v) is 4.56. The topological polar surface area (TPSA) is 115 Å². The summed E-state index contributed by atoms with van der Waals surface area (Å²) in [5, 5.41) is 32.4. The van der Waals surface area contributed by atoms with E-state index in [1.165, 1.54) is 46.4 Å². The number of methoxy groups -OCH3 is 1. The van der Waals surface area contributed by atoms with Crippen molar-refractivity contribution >= 4 is 11.6 Å². The largest absolute Gasteiger partial charge is 0.618 e. The van der Waals surface area contributed by atoms with Crippen LogP contribution in [0.4, 0.5) is 13.2 Å². The Kier molecular flexibility index (Phi) is 7.29. The van der Waals surface area contributed by atoms with E-state index in [0.717, 1.165) is 0 Å². The molecule has 1 aromatic carbocycles. The molecule has 0 saturated carbocycles. The van der Waals surface area contributed by atoms with Crippen LogP contribution < -0.4 is 4.73 Å². The summed E-state index contributed by atoms with van der Waals surface area (Å²) in [5.41, 5.74) is 0.672. The molecule has 4 aromatic heterocycles. The van der Waals surface area contributed by atoms with Crippen LogP contribution in [0.1, 0.15) is 38.6 Å². The van der Waals surface area contributed by atoms with Gasteiger partial charge in [0.25, 0.3) is 0 Å². The smallest absolute Gasteiger partial charge is 0.333 e. The van der Waals surface area contributed by atoms with E-state index in [1.807, 2.05) is 13.8 Å². The van der Waals surface area contributed by atoms with Crippen molar-refractivity contribution in [1.29, 1.82) is 0 Å². The molecule has 0 amide bonds. The van der Waals surface area contributed by atoms with Crippen LogP contribution in [0.5, 0.6) is 0 Å². The number of hydrogen-bond acceptors (Lipinski definition) is 7. The zero-order valence-corrected chi connectivity index (χ0v) is 22.2. The van der Waals surface area contributed by atoms with E-state index < -0.39 is 24.0 Å². The van der Waals surface area contributed by atoms with Gasteiger partial charge in [0.1, 0.15) is 12.4 Å². The summed E-state index contributed by atoms with van der Waals surface area (Å²) in [4.78, 5) is 0. The van der Waals surface area contributed by atoms with Crippen LogP contribution in [0, 0.1) is 11.0 Å². The molecule has 5 aromatic rings. The molecule has 15 heteroatoms. The number of aromatic nitrogens is 9. The first-order valence-corrected chi connectivity index (χ1v) is 12.3. The van der Waals surface area contributed by atoms with Crippen LogP contribution in [0.25, 0.3) is 28.1 Å². The standard InChI is InChI=1S/C25H23ClF3N9O2/c1-25(2,40-3)10-21(35-12-16(11-32-35)18-8-9-31-38(18)24(28)29)19-6-4-15(13-37(19)39)22-20(36-14-30-33-34-36)7-5-17(26)23(22)27/h4-9,11-14,21,24H,10H2,1-3H3. The highest BCUT2D eigenvalue weighted by atomic mass is 35.5. The van der Waals surface area contributed by atoms with E-state index in [0.29, 0.717) is 21.4 Å². The van der Waals surface area contributed by atoms with E-state index in [1.54, 1.807) is 31.5 Å². The van der Waals surface area contributed by atoms with Gasteiger partial charge in [-0.1, -0.05) is 11.6 Å². The maximum absolute atomic E-state index is 15.3. The Bertz CT molecular complexity index is 1640. The fourth-order valence-electron chi connectivity index (χ4n) is 4.40. The van der Waals surface area contributed by atoms with Crippen molar-refractivity contribution in [3.63, 3.8) is 0 Å². The molecule has 0 radical (unpaired) electrons. The van der Waals surface area contributed by atoms with Gasteiger partial charge in [-0.05, 0) is 48.5 Å². The highest BCUT2D eigenvalue weighted by Crippen LogP contribution is 2.35. The molecule has 0 saturated heterocycles. The maximum atomic E-state index is 15.3. The molecule has 0 fully saturated rings. The zero-order chi connectivity index (χ0) is 28.6. The molecule has 0 aliphatic heterocycles. The van der Waals surface area contributed by atoms with Gasteiger partial charge < -0.3 is 9.94 Å². The first kappa shape index (κ1) is 27.3. The summed E-state index contributed by atoms with van der Waals surface area (Å²) in [5.74, 6) is -0.744. The van der Waals surface area contributed by atoms with E-state index in [9.17, 15) is 14.0 Å². The fraction of sp³-hybridized carbons (Fsp3) is 0.280. The Labute approximate surface area is 231 Å². The van der Waals surface area contributed by atoms with Crippen molar-refractivity contribution in [2.24, 2.45) is 0 Å². The van der Waals surface area contributed by atoms with Gasteiger partial charge in [0, 0.05) is 37.6 Å². The van der Waals surface area contributed by atoms with E-state index in [-0.39, 0.29) is 33.2 Å². The normalized spacial score (nSPS) is 12.8. The van der Waals surface area contributed by atoms with Crippen LogP contribution in [0.2, 0.25) is 5.02 Å². The van der Waals surface area contributed by atoms with Crippen molar-refractivity contribution in [3.8, 4) is 28.1 Å². The summed E-state index contributed by atoms with van der Waals surface area (Å²) >= 11 is 6.06. The molecule has 0 aliphatic rings. The molecule has 208 valence electrons. The maximum Gasteiger partial charge on any atom is 0.333 e. The SMILES string of the molecule is COC(C)(C)CC(c1ccc(-c2c(-n3cnnn3)ccc(Cl)c2F)c[n+]1[O-])n1cc(-c2ccnn2C(F)F)cn1. The Balaban J connectivity index is 1.59. The number of benzene rings is 1. The third-order valence-corrected chi connectivity index (χ3v) is 6.84. The molecule has 0 N–H and O–H groups in total. The first-order valence-electron chi connectivity index (χ1n) is 12.0. The highest BCUT2D eigenvalue weighted by Gasteiger charge is 2.32. The lowest BCUT2D eigenvalue weighted by atomic mass is 9.95. The van der Waals surface area contributed by atoms with E-state index >= 15 is 4.39 Å². The average Bonchev–Trinajstić information content (AvgIpc) is 3.70. The van der Waals surface area contributed by atoms with Crippen LogP contribution in [-0.4, -0.2) is 52.5 Å². The third-order valence-electron chi connectivity index (χ3n) is 6.55. The van der Waals surface area contributed by atoms with Gasteiger partial charge in [-0.2, -0.15) is 28.4 Å². The Morgan fingerprint density at radius 2 is 1.93 bits per heavy atom. The lowest BCUT2D eigenvalue weighted by molar-refractivity contribution is -0.615. The van der Waals surface area contributed by atoms with Crippen molar-refractivity contribution in [2.75, 3.05) is 7.11 Å². The minimum absolute atomic E-state index is 0.0337. The van der Waals surface area contributed by atoms with Crippen molar-refractivity contribution in [1.82, 2.24) is 39.8 Å². The number of rotatable bonds is 9. The van der Waals surface area contributed by atoms with Gasteiger partial charge in [0.05, 0.1) is 39.3 Å². The van der Waals surface area contributed by atoms with Gasteiger partial charge in [-0.3, -0.25) is 4.68 Å². The predicted molar refractivity (Wildman–Crippen MR) is 137 cm³/mol. The predicted octanol–water partition coefficient (Wildman–Crippen LogP) is 4.61. The summed E-state index contributed by atoms with van der Waals surface area (Å²) in [7, 11) is 1.55. The van der Waals surface area contributed by atoms with Gasteiger partial charge in [-0.25, -0.2) is 9.07 Å². The van der Waals surface area contributed by atoms with Crippen molar-refractivity contribution < 1.29 is 22.6 Å².